The third-order valence-electron chi connectivity index (χ3n) is 2.95. The Morgan fingerprint density at radius 1 is 1.14 bits per heavy atom. The zero-order chi connectivity index (χ0) is 14.8. The number of fused-ring (bicyclic) bond motifs is 1. The lowest BCUT2D eigenvalue weighted by atomic mass is 10.2. The van der Waals surface area contributed by atoms with E-state index in [9.17, 15) is 4.79 Å². The molecular formula is C15H9BrClN3O. The van der Waals surface area contributed by atoms with E-state index in [0.717, 1.165) is 5.39 Å². The van der Waals surface area contributed by atoms with Gasteiger partial charge in [0.25, 0.3) is 5.91 Å². The first-order valence-electron chi connectivity index (χ1n) is 6.11. The van der Waals surface area contributed by atoms with Crippen molar-refractivity contribution in [3.8, 4) is 0 Å². The van der Waals surface area contributed by atoms with Crippen LogP contribution in [0.5, 0.6) is 0 Å². The quantitative estimate of drug-likeness (QED) is 0.692. The smallest absolute Gasteiger partial charge is 0.257 e. The van der Waals surface area contributed by atoms with Crippen LogP contribution in [-0.4, -0.2) is 15.9 Å². The molecule has 1 aromatic carbocycles. The summed E-state index contributed by atoms with van der Waals surface area (Å²) >= 11 is 9.37. The molecule has 0 saturated heterocycles. The molecule has 0 aliphatic heterocycles. The number of carbonyl (C=O) groups is 1. The number of aromatic nitrogens is 2. The number of anilines is 1. The molecule has 0 bridgehead atoms. The third-order valence-corrected chi connectivity index (χ3v) is 3.75. The van der Waals surface area contributed by atoms with Gasteiger partial charge in [-0.15, -0.1) is 0 Å². The van der Waals surface area contributed by atoms with E-state index in [1.165, 1.54) is 6.20 Å². The fourth-order valence-electron chi connectivity index (χ4n) is 1.94. The number of benzene rings is 1. The summed E-state index contributed by atoms with van der Waals surface area (Å²) < 4.78 is 0.678. The molecule has 2 heterocycles. The monoisotopic (exact) mass is 361 g/mol. The molecule has 3 aromatic rings. The van der Waals surface area contributed by atoms with E-state index in [1.807, 2.05) is 6.07 Å². The first-order chi connectivity index (χ1) is 10.1. The summed E-state index contributed by atoms with van der Waals surface area (Å²) in [6.07, 6.45) is 3.17. The second kappa shape index (κ2) is 5.79. The van der Waals surface area contributed by atoms with Gasteiger partial charge in [-0.1, -0.05) is 11.6 Å². The van der Waals surface area contributed by atoms with E-state index in [2.05, 4.69) is 31.2 Å². The molecule has 1 amide bonds. The highest BCUT2D eigenvalue weighted by Gasteiger charge is 2.11. The van der Waals surface area contributed by atoms with E-state index in [0.29, 0.717) is 26.4 Å². The molecule has 3 rings (SSSR count). The number of hydrogen-bond acceptors (Lipinski definition) is 3. The Labute approximate surface area is 134 Å². The van der Waals surface area contributed by atoms with Gasteiger partial charge in [-0.2, -0.15) is 0 Å². The molecule has 0 radical (unpaired) electrons. The minimum absolute atomic E-state index is 0.246. The second-order valence-electron chi connectivity index (χ2n) is 4.32. The molecule has 1 N–H and O–H groups in total. The Morgan fingerprint density at radius 2 is 2.00 bits per heavy atom. The Balaban J connectivity index is 1.97. The fraction of sp³-hybridized carbons (Fsp3) is 0. The number of pyridine rings is 2. The summed E-state index contributed by atoms with van der Waals surface area (Å²) in [5.74, 6) is -0.246. The van der Waals surface area contributed by atoms with Gasteiger partial charge in [-0.25, -0.2) is 4.98 Å². The molecule has 104 valence electrons. The van der Waals surface area contributed by atoms with Crippen LogP contribution in [-0.2, 0) is 0 Å². The zero-order valence-corrected chi connectivity index (χ0v) is 13.0. The topological polar surface area (TPSA) is 54.9 Å². The lowest BCUT2D eigenvalue weighted by Gasteiger charge is -2.09. The molecule has 21 heavy (non-hydrogen) atoms. The lowest BCUT2D eigenvalue weighted by Crippen LogP contribution is -2.12. The minimum Gasteiger partial charge on any atom is -0.320 e. The fourth-order valence-corrected chi connectivity index (χ4v) is 2.39. The Hall–Kier alpha value is -1.98. The summed E-state index contributed by atoms with van der Waals surface area (Å²) in [4.78, 5) is 20.5. The van der Waals surface area contributed by atoms with Crippen molar-refractivity contribution in [2.45, 2.75) is 0 Å². The summed E-state index contributed by atoms with van der Waals surface area (Å²) in [6, 6.07) is 10.5. The van der Waals surface area contributed by atoms with Crippen LogP contribution in [0.4, 0.5) is 5.69 Å². The summed E-state index contributed by atoms with van der Waals surface area (Å²) in [6.45, 7) is 0. The summed E-state index contributed by atoms with van der Waals surface area (Å²) in [7, 11) is 0. The Morgan fingerprint density at radius 3 is 2.76 bits per heavy atom. The molecule has 0 saturated carbocycles. The molecule has 4 nitrogen and oxygen atoms in total. The van der Waals surface area contributed by atoms with Crippen LogP contribution in [0.1, 0.15) is 10.4 Å². The average molecular weight is 363 g/mol. The number of hydrogen-bond donors (Lipinski definition) is 1. The molecule has 0 unspecified atom stereocenters. The number of carbonyl (C=O) groups excluding carboxylic acids is 1. The van der Waals surface area contributed by atoms with Gasteiger partial charge in [0.15, 0.2) is 0 Å². The number of halogens is 2. The number of nitrogens with zero attached hydrogens (tertiary/aromatic N) is 2. The predicted octanol–water partition coefficient (Wildman–Crippen LogP) is 4.30. The molecule has 0 fully saturated rings. The van der Waals surface area contributed by atoms with Gasteiger partial charge in [0, 0.05) is 17.8 Å². The maximum atomic E-state index is 12.2. The maximum absolute atomic E-state index is 12.2. The maximum Gasteiger partial charge on any atom is 0.257 e. The van der Waals surface area contributed by atoms with E-state index < -0.39 is 0 Å². The highest BCUT2D eigenvalue weighted by Crippen LogP contribution is 2.28. The van der Waals surface area contributed by atoms with Crippen molar-refractivity contribution < 1.29 is 4.79 Å². The molecule has 0 atom stereocenters. The van der Waals surface area contributed by atoms with Crippen molar-refractivity contribution in [2.24, 2.45) is 0 Å². The normalized spacial score (nSPS) is 10.6. The van der Waals surface area contributed by atoms with Gasteiger partial charge in [0.05, 0.1) is 21.8 Å². The molecule has 6 heteroatoms. The van der Waals surface area contributed by atoms with Crippen LogP contribution in [0.3, 0.4) is 0 Å². The van der Waals surface area contributed by atoms with E-state index in [4.69, 9.17) is 11.6 Å². The SMILES string of the molecule is O=C(Nc1ccc(Cl)c2cccnc12)c1ccc(Br)nc1. The van der Waals surface area contributed by atoms with Crippen LogP contribution in [0.2, 0.25) is 5.02 Å². The van der Waals surface area contributed by atoms with Gasteiger partial charge in [-0.05, 0) is 52.3 Å². The standard InChI is InChI=1S/C15H9BrClN3O/c16-13-6-3-9(8-19-13)15(21)20-12-5-4-11(17)10-2-1-7-18-14(10)12/h1-8H,(H,20,21). The highest BCUT2D eigenvalue weighted by atomic mass is 79.9. The van der Waals surface area contributed by atoms with Crippen molar-refractivity contribution in [3.05, 3.63) is 64.0 Å². The Kier molecular flexibility index (Phi) is 3.86. The van der Waals surface area contributed by atoms with E-state index in [-0.39, 0.29) is 5.91 Å². The van der Waals surface area contributed by atoms with Gasteiger partial charge >= 0.3 is 0 Å². The van der Waals surface area contributed by atoms with Gasteiger partial charge in [-0.3, -0.25) is 9.78 Å². The molecule has 0 aliphatic carbocycles. The zero-order valence-electron chi connectivity index (χ0n) is 10.7. The molecule has 2 aromatic heterocycles. The van der Waals surface area contributed by atoms with Crippen molar-refractivity contribution >= 4 is 50.0 Å². The first kappa shape index (κ1) is 14.0. The molecular weight excluding hydrogens is 354 g/mol. The predicted molar refractivity (Wildman–Crippen MR) is 86.6 cm³/mol. The van der Waals surface area contributed by atoms with Crippen molar-refractivity contribution in [3.63, 3.8) is 0 Å². The molecule has 0 aliphatic rings. The van der Waals surface area contributed by atoms with E-state index in [1.54, 1.807) is 36.5 Å². The van der Waals surface area contributed by atoms with Crippen molar-refractivity contribution in [1.82, 2.24) is 9.97 Å². The van der Waals surface area contributed by atoms with Crippen LogP contribution in [0, 0.1) is 0 Å². The number of nitrogens with one attached hydrogen (secondary N) is 1. The molecule has 0 spiro atoms. The van der Waals surface area contributed by atoms with Crippen LogP contribution in [0.25, 0.3) is 10.9 Å². The van der Waals surface area contributed by atoms with Gasteiger partial charge < -0.3 is 5.32 Å². The second-order valence-corrected chi connectivity index (χ2v) is 5.54. The average Bonchev–Trinajstić information content (AvgIpc) is 2.51. The highest BCUT2D eigenvalue weighted by molar-refractivity contribution is 9.10. The summed E-state index contributed by atoms with van der Waals surface area (Å²) in [5, 5.41) is 4.23. The van der Waals surface area contributed by atoms with Crippen molar-refractivity contribution in [2.75, 3.05) is 5.32 Å². The number of amides is 1. The third kappa shape index (κ3) is 2.89. The van der Waals surface area contributed by atoms with Gasteiger partial charge in [0.2, 0.25) is 0 Å². The van der Waals surface area contributed by atoms with Crippen molar-refractivity contribution in [1.29, 1.82) is 0 Å². The minimum atomic E-state index is -0.246. The van der Waals surface area contributed by atoms with Gasteiger partial charge in [0.1, 0.15) is 4.60 Å². The first-order valence-corrected chi connectivity index (χ1v) is 7.28. The summed E-state index contributed by atoms with van der Waals surface area (Å²) in [5.41, 5.74) is 1.74. The van der Waals surface area contributed by atoms with Crippen LogP contribution < -0.4 is 5.32 Å². The lowest BCUT2D eigenvalue weighted by molar-refractivity contribution is 0.102. The van der Waals surface area contributed by atoms with Crippen LogP contribution in [0.15, 0.2) is 53.4 Å². The van der Waals surface area contributed by atoms with Crippen LogP contribution >= 0.6 is 27.5 Å². The number of rotatable bonds is 2. The largest absolute Gasteiger partial charge is 0.320 e. The Bertz CT molecular complexity index is 821. The van der Waals surface area contributed by atoms with E-state index >= 15 is 0 Å².